The molecule has 0 amide bonds. The van der Waals surface area contributed by atoms with Crippen LogP contribution in [0, 0.1) is 0 Å². The van der Waals surface area contributed by atoms with Gasteiger partial charge in [0, 0.05) is 13.7 Å². The highest BCUT2D eigenvalue weighted by atomic mass is 16.6. The van der Waals surface area contributed by atoms with E-state index in [9.17, 15) is 5.11 Å². The first-order chi connectivity index (χ1) is 3.91. The van der Waals surface area contributed by atoms with E-state index in [1.807, 2.05) is 0 Å². The summed E-state index contributed by atoms with van der Waals surface area (Å²) in [7, 11) is 1.62. The normalized spacial score (nSPS) is 9.75. The van der Waals surface area contributed by atoms with Crippen molar-refractivity contribution in [2.75, 3.05) is 27.1 Å². The number of hydrogen-bond donors (Lipinski definition) is 0. The quantitative estimate of drug-likeness (QED) is 0.388. The van der Waals surface area contributed by atoms with E-state index in [2.05, 4.69) is 4.74 Å². The Bertz CT molecular complexity index is 32.7. The summed E-state index contributed by atoms with van der Waals surface area (Å²) in [5, 5.41) is 9.63. The van der Waals surface area contributed by atoms with Crippen molar-refractivity contribution in [2.45, 2.75) is 6.42 Å². The van der Waals surface area contributed by atoms with E-state index >= 15 is 0 Å². The Hall–Kier alpha value is -0.120. The minimum absolute atomic E-state index is 0.441. The molecule has 0 heterocycles. The molecule has 0 aliphatic carbocycles. The third-order valence-electron chi connectivity index (χ3n) is 0.720. The van der Waals surface area contributed by atoms with Gasteiger partial charge >= 0.3 is 0 Å². The highest BCUT2D eigenvalue weighted by molar-refractivity contribution is 4.29. The van der Waals surface area contributed by atoms with Gasteiger partial charge in [0.1, 0.15) is 0 Å². The third kappa shape index (κ3) is 5.88. The van der Waals surface area contributed by atoms with Crippen molar-refractivity contribution in [1.29, 1.82) is 0 Å². The first-order valence-corrected chi connectivity index (χ1v) is 2.56. The summed E-state index contributed by atoms with van der Waals surface area (Å²) < 4.78 is 9.21. The number of methoxy groups -OCH3 is 1. The summed E-state index contributed by atoms with van der Waals surface area (Å²) >= 11 is 0. The molecule has 1 radical (unpaired) electrons. The van der Waals surface area contributed by atoms with Crippen LogP contribution < -0.4 is 0 Å². The summed E-state index contributed by atoms with van der Waals surface area (Å²) in [4.78, 5) is 0. The smallest absolute Gasteiger partial charge is 0.180 e. The van der Waals surface area contributed by atoms with Crippen LogP contribution in [0.2, 0.25) is 0 Å². The summed E-state index contributed by atoms with van der Waals surface area (Å²) in [5.41, 5.74) is 0. The highest BCUT2D eigenvalue weighted by Crippen LogP contribution is 1.80. The van der Waals surface area contributed by atoms with E-state index in [4.69, 9.17) is 4.74 Å². The lowest BCUT2D eigenvalue weighted by Gasteiger charge is -1.96. The van der Waals surface area contributed by atoms with Crippen molar-refractivity contribution in [1.82, 2.24) is 0 Å². The maximum Gasteiger partial charge on any atom is 0.180 e. The minimum Gasteiger partial charge on any atom is -0.385 e. The Labute approximate surface area is 49.2 Å². The lowest BCUT2D eigenvalue weighted by Crippen LogP contribution is -1.98. The molecule has 3 heteroatoms. The fraction of sp³-hybridized carbons (Fsp3) is 1.00. The molecule has 0 N–H and O–H groups in total. The molecule has 0 aliphatic heterocycles. The van der Waals surface area contributed by atoms with Gasteiger partial charge in [-0.05, 0) is 6.42 Å². The Morgan fingerprint density at radius 1 is 1.38 bits per heavy atom. The van der Waals surface area contributed by atoms with Crippen molar-refractivity contribution >= 4 is 0 Å². The van der Waals surface area contributed by atoms with Crippen LogP contribution in [0.3, 0.4) is 0 Å². The van der Waals surface area contributed by atoms with E-state index in [1.54, 1.807) is 7.11 Å². The minimum atomic E-state index is -0.441. The molecular weight excluding hydrogens is 108 g/mol. The molecule has 0 aromatic heterocycles. The maximum atomic E-state index is 9.63. The average Bonchev–Trinajstić information content (AvgIpc) is 1.81. The summed E-state index contributed by atoms with van der Waals surface area (Å²) in [6.45, 7) is 0.737. The fourth-order valence-corrected chi connectivity index (χ4v) is 0.364. The van der Waals surface area contributed by atoms with E-state index in [1.165, 1.54) is 0 Å². The van der Waals surface area contributed by atoms with Gasteiger partial charge < -0.3 is 9.47 Å². The van der Waals surface area contributed by atoms with Crippen LogP contribution >= 0.6 is 0 Å². The highest BCUT2D eigenvalue weighted by Gasteiger charge is 1.83. The average molecular weight is 119 g/mol. The van der Waals surface area contributed by atoms with E-state index < -0.39 is 6.79 Å². The standard InChI is InChI=1S/C5H11O3/c1-7-3-2-4-8-5-6/h2-5H2,1H3. The lowest BCUT2D eigenvalue weighted by molar-refractivity contribution is -0.0478. The maximum absolute atomic E-state index is 9.63. The molecule has 49 valence electrons. The molecule has 0 saturated carbocycles. The molecule has 0 unspecified atom stereocenters. The van der Waals surface area contributed by atoms with Crippen molar-refractivity contribution in [2.24, 2.45) is 0 Å². The zero-order valence-electron chi connectivity index (χ0n) is 5.05. The molecule has 0 aromatic rings. The van der Waals surface area contributed by atoms with Gasteiger partial charge in [-0.15, -0.1) is 0 Å². The second-order valence-electron chi connectivity index (χ2n) is 1.37. The van der Waals surface area contributed by atoms with Crippen LogP contribution in [-0.4, -0.2) is 27.1 Å². The second-order valence-corrected chi connectivity index (χ2v) is 1.37. The van der Waals surface area contributed by atoms with Gasteiger partial charge in [-0.25, -0.2) is 5.11 Å². The molecule has 0 spiro atoms. The predicted molar refractivity (Wildman–Crippen MR) is 28.0 cm³/mol. The monoisotopic (exact) mass is 119 g/mol. The molecule has 0 fully saturated rings. The van der Waals surface area contributed by atoms with Gasteiger partial charge in [0.25, 0.3) is 0 Å². The Kier molecular flexibility index (Phi) is 6.78. The van der Waals surface area contributed by atoms with Gasteiger partial charge in [0.15, 0.2) is 6.79 Å². The molecule has 0 atom stereocenters. The molecule has 0 rings (SSSR count). The first-order valence-electron chi connectivity index (χ1n) is 2.56. The van der Waals surface area contributed by atoms with Crippen molar-refractivity contribution in [3.8, 4) is 0 Å². The van der Waals surface area contributed by atoms with Gasteiger partial charge in [-0.1, -0.05) is 0 Å². The van der Waals surface area contributed by atoms with Gasteiger partial charge in [-0.2, -0.15) is 0 Å². The molecule has 3 nitrogen and oxygen atoms in total. The van der Waals surface area contributed by atoms with Crippen LogP contribution in [0.1, 0.15) is 6.42 Å². The van der Waals surface area contributed by atoms with Crippen LogP contribution in [0.5, 0.6) is 0 Å². The topological polar surface area (TPSA) is 38.4 Å². The molecule has 8 heavy (non-hydrogen) atoms. The van der Waals surface area contributed by atoms with Crippen molar-refractivity contribution in [3.05, 3.63) is 0 Å². The zero-order chi connectivity index (χ0) is 6.24. The summed E-state index contributed by atoms with van der Waals surface area (Å²) in [5.74, 6) is 0. The van der Waals surface area contributed by atoms with Gasteiger partial charge in [0.05, 0.1) is 6.61 Å². The zero-order valence-corrected chi connectivity index (χ0v) is 5.05. The molecule has 0 aromatic carbocycles. The van der Waals surface area contributed by atoms with Crippen LogP contribution in [0.25, 0.3) is 0 Å². The number of ether oxygens (including phenoxy) is 2. The molecular formula is C5H11O3. The molecule has 0 saturated heterocycles. The van der Waals surface area contributed by atoms with Gasteiger partial charge in [-0.3, -0.25) is 0 Å². The Balaban J connectivity index is 2.53. The molecule has 0 aliphatic rings. The Morgan fingerprint density at radius 3 is 2.62 bits per heavy atom. The first kappa shape index (κ1) is 7.88. The van der Waals surface area contributed by atoms with Gasteiger partial charge in [0.2, 0.25) is 0 Å². The predicted octanol–water partition coefficient (Wildman–Crippen LogP) is 0.427. The van der Waals surface area contributed by atoms with Crippen molar-refractivity contribution in [3.63, 3.8) is 0 Å². The van der Waals surface area contributed by atoms with E-state index in [0.717, 1.165) is 6.42 Å². The van der Waals surface area contributed by atoms with Crippen LogP contribution in [-0.2, 0) is 14.6 Å². The largest absolute Gasteiger partial charge is 0.385 e. The third-order valence-corrected chi connectivity index (χ3v) is 0.720. The summed E-state index contributed by atoms with van der Waals surface area (Å²) in [6.07, 6.45) is 0.804. The van der Waals surface area contributed by atoms with E-state index in [0.29, 0.717) is 13.2 Å². The second kappa shape index (κ2) is 6.88. The number of hydrogen-bond acceptors (Lipinski definition) is 2. The fourth-order valence-electron chi connectivity index (χ4n) is 0.364. The SMILES string of the molecule is COCCCOC[O]. The lowest BCUT2D eigenvalue weighted by atomic mass is 10.5. The van der Waals surface area contributed by atoms with Crippen LogP contribution in [0.4, 0.5) is 0 Å². The van der Waals surface area contributed by atoms with Crippen LogP contribution in [0.15, 0.2) is 0 Å². The molecule has 0 bridgehead atoms. The number of rotatable bonds is 5. The summed E-state index contributed by atoms with van der Waals surface area (Å²) in [6, 6.07) is 0. The van der Waals surface area contributed by atoms with E-state index in [-0.39, 0.29) is 0 Å². The van der Waals surface area contributed by atoms with Crippen molar-refractivity contribution < 1.29 is 14.6 Å². The Morgan fingerprint density at radius 2 is 2.12 bits per heavy atom.